The topological polar surface area (TPSA) is 135 Å². The lowest BCUT2D eigenvalue weighted by atomic mass is 9.95. The maximum absolute atomic E-state index is 14.0. The lowest BCUT2D eigenvalue weighted by Gasteiger charge is -2.24. The molecule has 0 fully saturated rings. The SMILES string of the molecule is COc1cc(C2C(C(=O)c3cc4cccc(OC)c4o3)=C(O)C(=O)N2c2nnc(SCc3ccccc3)s2)cc(Br)c1O. The van der Waals surface area contributed by atoms with Gasteiger partial charge in [-0.15, -0.1) is 10.2 Å². The Kier molecular flexibility index (Phi) is 7.86. The molecule has 1 unspecified atom stereocenters. The summed E-state index contributed by atoms with van der Waals surface area (Å²) in [6.07, 6.45) is 0. The van der Waals surface area contributed by atoms with Gasteiger partial charge in [0.2, 0.25) is 10.9 Å². The van der Waals surface area contributed by atoms with E-state index < -0.39 is 23.5 Å². The highest BCUT2D eigenvalue weighted by molar-refractivity contribution is 9.10. The fourth-order valence-electron chi connectivity index (χ4n) is 4.78. The highest BCUT2D eigenvalue weighted by Crippen LogP contribution is 2.47. The van der Waals surface area contributed by atoms with Crippen LogP contribution < -0.4 is 14.4 Å². The van der Waals surface area contributed by atoms with Crippen LogP contribution in [0.5, 0.6) is 17.2 Å². The second-order valence-electron chi connectivity index (χ2n) is 9.34. The van der Waals surface area contributed by atoms with Crippen LogP contribution in [-0.2, 0) is 10.5 Å². The number of carbonyl (C=O) groups excluding carboxylic acids is 2. The van der Waals surface area contributed by atoms with E-state index in [4.69, 9.17) is 13.9 Å². The van der Waals surface area contributed by atoms with E-state index in [1.165, 1.54) is 43.0 Å². The van der Waals surface area contributed by atoms with Gasteiger partial charge in [-0.2, -0.15) is 0 Å². The van der Waals surface area contributed by atoms with Crippen LogP contribution in [0.15, 0.2) is 91.3 Å². The third kappa shape index (κ3) is 5.24. The second kappa shape index (κ2) is 11.7. The molecule has 1 atom stereocenters. The number of fused-ring (bicyclic) bond motifs is 1. The van der Waals surface area contributed by atoms with Gasteiger partial charge in [-0.25, -0.2) is 0 Å². The average Bonchev–Trinajstić information content (AvgIpc) is 3.74. The van der Waals surface area contributed by atoms with Crippen LogP contribution >= 0.6 is 39.0 Å². The van der Waals surface area contributed by atoms with Gasteiger partial charge in [-0.05, 0) is 51.3 Å². The number of phenols is 1. The molecule has 218 valence electrons. The Hall–Kier alpha value is -4.33. The first-order chi connectivity index (χ1) is 20.8. The highest BCUT2D eigenvalue weighted by atomic mass is 79.9. The number of ether oxygens (including phenoxy) is 2. The molecule has 43 heavy (non-hydrogen) atoms. The molecule has 0 bridgehead atoms. The Labute approximate surface area is 261 Å². The van der Waals surface area contributed by atoms with Crippen LogP contribution in [0.2, 0.25) is 0 Å². The summed E-state index contributed by atoms with van der Waals surface area (Å²) in [6, 6.07) is 18.5. The Bertz CT molecular complexity index is 1900. The molecular formula is C30H22BrN3O7S2. The zero-order valence-corrected chi connectivity index (χ0v) is 25.8. The first-order valence-corrected chi connectivity index (χ1v) is 15.3. The number of aliphatic hydroxyl groups excluding tert-OH is 1. The van der Waals surface area contributed by atoms with E-state index in [-0.39, 0.29) is 32.4 Å². The van der Waals surface area contributed by atoms with Crippen molar-refractivity contribution in [2.24, 2.45) is 0 Å². The van der Waals surface area contributed by atoms with Gasteiger partial charge in [0.25, 0.3) is 5.91 Å². The maximum atomic E-state index is 14.0. The van der Waals surface area contributed by atoms with Gasteiger partial charge < -0.3 is 24.1 Å². The number of rotatable bonds is 9. The Balaban J connectivity index is 1.43. The molecule has 0 saturated carbocycles. The number of benzene rings is 3. The smallest absolute Gasteiger partial charge is 0.296 e. The molecule has 0 aliphatic carbocycles. The quantitative estimate of drug-likeness (QED) is 0.0968. The minimum absolute atomic E-state index is 0.0955. The van der Waals surface area contributed by atoms with Crippen LogP contribution in [0.1, 0.15) is 27.7 Å². The van der Waals surface area contributed by atoms with E-state index >= 15 is 0 Å². The normalized spacial score (nSPS) is 15.0. The fraction of sp³-hybridized carbons (Fsp3) is 0.133. The number of phenolic OH excluding ortho intramolecular Hbond substituents is 1. The number of aromatic nitrogens is 2. The molecular weight excluding hydrogens is 658 g/mol. The number of furan rings is 1. The van der Waals surface area contributed by atoms with Crippen LogP contribution in [-0.4, -0.2) is 46.3 Å². The van der Waals surface area contributed by atoms with Gasteiger partial charge in [0, 0.05) is 11.1 Å². The van der Waals surface area contributed by atoms with E-state index in [9.17, 15) is 19.8 Å². The zero-order chi connectivity index (χ0) is 30.2. The summed E-state index contributed by atoms with van der Waals surface area (Å²) in [4.78, 5) is 28.9. The Morgan fingerprint density at radius 3 is 2.56 bits per heavy atom. The van der Waals surface area contributed by atoms with Crippen molar-refractivity contribution in [1.29, 1.82) is 0 Å². The number of hydrogen-bond donors (Lipinski definition) is 2. The summed E-state index contributed by atoms with van der Waals surface area (Å²) in [5.74, 6) is -1.39. The number of amides is 1. The number of anilines is 1. The minimum atomic E-state index is -1.15. The number of nitrogens with zero attached hydrogens (tertiary/aromatic N) is 3. The number of Topliss-reactive ketones (excluding diaryl/α,β-unsaturated/α-hetero) is 1. The van der Waals surface area contributed by atoms with Crippen molar-refractivity contribution >= 4 is 66.8 Å². The van der Waals surface area contributed by atoms with Gasteiger partial charge in [0.1, 0.15) is 0 Å². The number of ketones is 1. The summed E-state index contributed by atoms with van der Waals surface area (Å²) < 4.78 is 17.4. The minimum Gasteiger partial charge on any atom is -0.503 e. The Morgan fingerprint density at radius 1 is 1.05 bits per heavy atom. The molecule has 2 aromatic heterocycles. The summed E-state index contributed by atoms with van der Waals surface area (Å²) in [5.41, 5.74) is 1.58. The van der Waals surface area contributed by atoms with Crippen molar-refractivity contribution in [3.8, 4) is 17.2 Å². The molecule has 10 nitrogen and oxygen atoms in total. The van der Waals surface area contributed by atoms with E-state index in [1.807, 2.05) is 30.3 Å². The molecule has 1 amide bonds. The van der Waals surface area contributed by atoms with E-state index in [2.05, 4.69) is 26.1 Å². The lowest BCUT2D eigenvalue weighted by molar-refractivity contribution is -0.117. The lowest BCUT2D eigenvalue weighted by Crippen LogP contribution is -2.31. The van der Waals surface area contributed by atoms with Crippen LogP contribution in [0.4, 0.5) is 5.13 Å². The predicted octanol–water partition coefficient (Wildman–Crippen LogP) is 6.84. The first kappa shape index (κ1) is 28.8. The molecule has 0 spiro atoms. The van der Waals surface area contributed by atoms with E-state index in [0.717, 1.165) is 16.9 Å². The summed E-state index contributed by atoms with van der Waals surface area (Å²) in [6.45, 7) is 0. The number of thioether (sulfide) groups is 1. The van der Waals surface area contributed by atoms with Crippen molar-refractivity contribution in [1.82, 2.24) is 10.2 Å². The summed E-state index contributed by atoms with van der Waals surface area (Å²) in [7, 11) is 2.87. The monoisotopic (exact) mass is 679 g/mol. The molecule has 2 N–H and O–H groups in total. The molecule has 5 aromatic rings. The van der Waals surface area contributed by atoms with Crippen molar-refractivity contribution in [3.63, 3.8) is 0 Å². The third-order valence-electron chi connectivity index (χ3n) is 6.80. The summed E-state index contributed by atoms with van der Waals surface area (Å²) in [5, 5.41) is 30.9. The van der Waals surface area contributed by atoms with Gasteiger partial charge >= 0.3 is 0 Å². The zero-order valence-electron chi connectivity index (χ0n) is 22.6. The number of aliphatic hydroxyl groups is 1. The molecule has 1 aliphatic heterocycles. The van der Waals surface area contributed by atoms with Gasteiger partial charge in [-0.3, -0.25) is 14.5 Å². The van der Waals surface area contributed by atoms with Gasteiger partial charge in [0.15, 0.2) is 38.7 Å². The Morgan fingerprint density at radius 2 is 1.81 bits per heavy atom. The van der Waals surface area contributed by atoms with Crippen molar-refractivity contribution < 1.29 is 33.7 Å². The number of hydrogen-bond acceptors (Lipinski definition) is 11. The fourth-order valence-corrected chi connectivity index (χ4v) is 7.06. The number of methoxy groups -OCH3 is 2. The average molecular weight is 681 g/mol. The van der Waals surface area contributed by atoms with Gasteiger partial charge in [-0.1, -0.05) is 65.6 Å². The standard InChI is InChI=1S/C30H22BrN3O7S2/c1-39-19-10-6-9-16-12-21(41-27(16)19)25(36)22-23(17-11-18(31)24(35)20(13-17)40-2)34(28(38)26(22)37)29-32-33-30(43-29)42-14-15-7-4-3-5-8-15/h3-13,23,35,37H,14H2,1-2H3. The summed E-state index contributed by atoms with van der Waals surface area (Å²) >= 11 is 5.92. The molecule has 0 radical (unpaired) electrons. The number of halogens is 1. The molecule has 3 aromatic carbocycles. The van der Waals surface area contributed by atoms with Gasteiger partial charge in [0.05, 0.1) is 30.3 Å². The largest absolute Gasteiger partial charge is 0.503 e. The molecule has 0 saturated heterocycles. The predicted molar refractivity (Wildman–Crippen MR) is 165 cm³/mol. The second-order valence-corrected chi connectivity index (χ2v) is 12.4. The highest BCUT2D eigenvalue weighted by Gasteiger charge is 2.47. The molecule has 3 heterocycles. The van der Waals surface area contributed by atoms with Crippen LogP contribution in [0, 0.1) is 0 Å². The van der Waals surface area contributed by atoms with Crippen molar-refractivity contribution in [2.45, 2.75) is 16.1 Å². The maximum Gasteiger partial charge on any atom is 0.296 e. The molecule has 1 aliphatic rings. The molecule has 13 heteroatoms. The van der Waals surface area contributed by atoms with E-state index in [1.54, 1.807) is 24.3 Å². The number of carbonyl (C=O) groups is 2. The van der Waals surface area contributed by atoms with Crippen LogP contribution in [0.3, 0.4) is 0 Å². The van der Waals surface area contributed by atoms with Crippen LogP contribution in [0.25, 0.3) is 11.0 Å². The first-order valence-electron chi connectivity index (χ1n) is 12.7. The number of para-hydroxylation sites is 1. The van der Waals surface area contributed by atoms with Crippen molar-refractivity contribution in [3.05, 3.63) is 99.4 Å². The van der Waals surface area contributed by atoms with Crippen molar-refractivity contribution in [2.75, 3.05) is 19.1 Å². The number of aromatic hydroxyl groups is 1. The van der Waals surface area contributed by atoms with E-state index in [0.29, 0.717) is 32.4 Å². The molecule has 6 rings (SSSR count). The third-order valence-corrected chi connectivity index (χ3v) is 9.53.